The minimum absolute atomic E-state index is 0.0891. The van der Waals surface area contributed by atoms with Crippen LogP contribution in [0.5, 0.6) is 0 Å². The minimum atomic E-state index is -0.695. The highest BCUT2D eigenvalue weighted by molar-refractivity contribution is 7.09. The Balaban J connectivity index is 1.69. The lowest BCUT2D eigenvalue weighted by Gasteiger charge is -2.14. The number of benzene rings is 1. The Labute approximate surface area is 143 Å². The summed E-state index contributed by atoms with van der Waals surface area (Å²) < 4.78 is 0. The van der Waals surface area contributed by atoms with E-state index in [1.807, 2.05) is 26.2 Å². The zero-order valence-corrected chi connectivity index (χ0v) is 14.3. The first-order chi connectivity index (χ1) is 11.3. The van der Waals surface area contributed by atoms with Crippen LogP contribution in [-0.4, -0.2) is 27.8 Å². The number of carbonyl (C=O) groups excluding carboxylic acids is 3. The molecule has 24 heavy (non-hydrogen) atoms. The summed E-state index contributed by atoms with van der Waals surface area (Å²) in [5, 5.41) is 3.00. The Bertz CT molecular complexity index is 800. The lowest BCUT2D eigenvalue weighted by molar-refractivity contribution is -0.167. The van der Waals surface area contributed by atoms with Crippen molar-refractivity contribution in [3.63, 3.8) is 0 Å². The third-order valence-corrected chi connectivity index (χ3v) is 4.41. The normalized spacial score (nSPS) is 14.0. The molecule has 0 saturated heterocycles. The molecule has 2 heterocycles. The zero-order chi connectivity index (χ0) is 17.5. The number of rotatable bonds is 3. The number of carbonyl (C=O) groups is 3. The molecule has 2 aromatic rings. The Morgan fingerprint density at radius 3 is 2.25 bits per heavy atom. The van der Waals surface area contributed by atoms with Crippen LogP contribution in [0, 0.1) is 0 Å². The topological polar surface area (TPSA) is 76.6 Å². The fourth-order valence-electron chi connectivity index (χ4n) is 2.24. The molecular formula is C17H16N2O4S. The Morgan fingerprint density at radius 1 is 1.17 bits per heavy atom. The molecule has 0 radical (unpaired) electrons. The van der Waals surface area contributed by atoms with E-state index in [4.69, 9.17) is 4.84 Å². The van der Waals surface area contributed by atoms with Gasteiger partial charge < -0.3 is 4.84 Å². The number of hydroxylamine groups is 2. The molecule has 0 unspecified atom stereocenters. The maximum Gasteiger partial charge on any atom is 0.340 e. The predicted octanol–water partition coefficient (Wildman–Crippen LogP) is 2.74. The van der Waals surface area contributed by atoms with Crippen molar-refractivity contribution in [2.45, 2.75) is 32.6 Å². The van der Waals surface area contributed by atoms with Crippen molar-refractivity contribution in [2.24, 2.45) is 0 Å². The molecule has 6 nitrogen and oxygen atoms in total. The van der Waals surface area contributed by atoms with Crippen molar-refractivity contribution in [2.75, 3.05) is 0 Å². The molecule has 0 atom stereocenters. The summed E-state index contributed by atoms with van der Waals surface area (Å²) in [7, 11) is 0. The number of thiazole rings is 1. The van der Waals surface area contributed by atoms with Gasteiger partial charge in [0.1, 0.15) is 11.4 Å². The van der Waals surface area contributed by atoms with Gasteiger partial charge in [-0.15, -0.1) is 11.3 Å². The van der Waals surface area contributed by atoms with Gasteiger partial charge in [0.25, 0.3) is 11.8 Å². The van der Waals surface area contributed by atoms with Crippen LogP contribution < -0.4 is 0 Å². The molecule has 0 saturated carbocycles. The lowest BCUT2D eigenvalue weighted by atomic mass is 9.93. The van der Waals surface area contributed by atoms with E-state index >= 15 is 0 Å². The van der Waals surface area contributed by atoms with Gasteiger partial charge in [-0.2, -0.15) is 0 Å². The van der Waals surface area contributed by atoms with Gasteiger partial charge in [-0.3, -0.25) is 9.59 Å². The van der Waals surface area contributed by atoms with Crippen LogP contribution in [0.3, 0.4) is 0 Å². The van der Waals surface area contributed by atoms with E-state index in [0.29, 0.717) is 10.1 Å². The monoisotopic (exact) mass is 344 g/mol. The minimum Gasteiger partial charge on any atom is -0.329 e. The standard InChI is InChI=1S/C17H16N2O4S/c1-17(2,3)12-9-24-13(18-12)8-14(20)23-19-15(21)10-6-4-5-7-11(10)16(19)22/h4-7,9H,8H2,1-3H3. The molecule has 2 amide bonds. The number of fused-ring (bicyclic) bond motifs is 1. The van der Waals surface area contributed by atoms with Gasteiger partial charge in [-0.1, -0.05) is 38.0 Å². The van der Waals surface area contributed by atoms with E-state index in [9.17, 15) is 14.4 Å². The van der Waals surface area contributed by atoms with Crippen LogP contribution in [0.25, 0.3) is 0 Å². The summed E-state index contributed by atoms with van der Waals surface area (Å²) >= 11 is 1.35. The highest BCUT2D eigenvalue weighted by Crippen LogP contribution is 2.25. The molecular weight excluding hydrogens is 328 g/mol. The second kappa shape index (κ2) is 5.83. The predicted molar refractivity (Wildman–Crippen MR) is 87.6 cm³/mol. The number of hydrogen-bond acceptors (Lipinski definition) is 6. The SMILES string of the molecule is CC(C)(C)c1csc(CC(=O)ON2C(=O)c3ccccc3C2=O)n1. The molecule has 1 aliphatic heterocycles. The van der Waals surface area contributed by atoms with Gasteiger partial charge >= 0.3 is 5.97 Å². The van der Waals surface area contributed by atoms with E-state index in [2.05, 4.69) is 4.98 Å². The number of hydrogen-bond donors (Lipinski definition) is 0. The summed E-state index contributed by atoms with van der Waals surface area (Å²) in [6.45, 7) is 6.09. The smallest absolute Gasteiger partial charge is 0.329 e. The summed E-state index contributed by atoms with van der Waals surface area (Å²) in [5.41, 5.74) is 1.25. The van der Waals surface area contributed by atoms with Gasteiger partial charge in [-0.25, -0.2) is 9.78 Å². The third-order valence-electron chi connectivity index (χ3n) is 3.57. The van der Waals surface area contributed by atoms with Gasteiger partial charge in [0.05, 0.1) is 16.8 Å². The Hall–Kier alpha value is -2.54. The van der Waals surface area contributed by atoms with Crippen LogP contribution in [0.15, 0.2) is 29.6 Å². The van der Waals surface area contributed by atoms with Crippen LogP contribution in [0.4, 0.5) is 0 Å². The van der Waals surface area contributed by atoms with Crippen molar-refractivity contribution >= 4 is 29.1 Å². The second-order valence-corrected chi connectivity index (χ2v) is 7.41. The van der Waals surface area contributed by atoms with E-state index in [1.165, 1.54) is 23.5 Å². The van der Waals surface area contributed by atoms with E-state index in [0.717, 1.165) is 5.69 Å². The summed E-state index contributed by atoms with van der Waals surface area (Å²) in [6.07, 6.45) is -0.0891. The van der Waals surface area contributed by atoms with Gasteiger partial charge in [-0.05, 0) is 12.1 Å². The summed E-state index contributed by atoms with van der Waals surface area (Å²) in [4.78, 5) is 45.7. The van der Waals surface area contributed by atoms with Crippen molar-refractivity contribution in [1.29, 1.82) is 0 Å². The number of aromatic nitrogens is 1. The second-order valence-electron chi connectivity index (χ2n) is 6.47. The number of amides is 2. The Morgan fingerprint density at radius 2 is 1.75 bits per heavy atom. The van der Waals surface area contributed by atoms with Crippen molar-refractivity contribution in [3.05, 3.63) is 51.5 Å². The van der Waals surface area contributed by atoms with Crippen molar-refractivity contribution in [1.82, 2.24) is 10.0 Å². The molecule has 0 N–H and O–H groups in total. The fraction of sp³-hybridized carbons (Fsp3) is 0.294. The van der Waals surface area contributed by atoms with E-state index in [1.54, 1.807) is 12.1 Å². The summed E-state index contributed by atoms with van der Waals surface area (Å²) in [6, 6.07) is 6.36. The largest absolute Gasteiger partial charge is 0.340 e. The average Bonchev–Trinajstić information content (AvgIpc) is 3.07. The maximum atomic E-state index is 12.1. The van der Waals surface area contributed by atoms with Gasteiger partial charge in [0.2, 0.25) is 0 Å². The highest BCUT2D eigenvalue weighted by Gasteiger charge is 2.38. The average molecular weight is 344 g/mol. The molecule has 1 aromatic carbocycles. The molecule has 124 valence electrons. The molecule has 0 spiro atoms. The molecule has 0 aliphatic carbocycles. The highest BCUT2D eigenvalue weighted by atomic mass is 32.1. The molecule has 1 aliphatic rings. The van der Waals surface area contributed by atoms with Crippen LogP contribution in [0.1, 0.15) is 52.2 Å². The third kappa shape index (κ3) is 2.94. The van der Waals surface area contributed by atoms with E-state index in [-0.39, 0.29) is 23.0 Å². The van der Waals surface area contributed by atoms with Gasteiger partial charge in [0.15, 0.2) is 0 Å². The molecule has 0 bridgehead atoms. The molecule has 1 aromatic heterocycles. The first kappa shape index (κ1) is 16.3. The van der Waals surface area contributed by atoms with Crippen LogP contribution in [0.2, 0.25) is 0 Å². The Kier molecular flexibility index (Phi) is 3.96. The molecule has 3 rings (SSSR count). The zero-order valence-electron chi connectivity index (χ0n) is 13.5. The van der Waals surface area contributed by atoms with Crippen LogP contribution in [-0.2, 0) is 21.5 Å². The van der Waals surface area contributed by atoms with E-state index < -0.39 is 17.8 Å². The number of nitrogens with zero attached hydrogens (tertiary/aromatic N) is 2. The van der Waals surface area contributed by atoms with Crippen molar-refractivity contribution < 1.29 is 19.2 Å². The van der Waals surface area contributed by atoms with Gasteiger partial charge in [0, 0.05) is 10.8 Å². The quantitative estimate of drug-likeness (QED) is 0.800. The molecule has 7 heteroatoms. The molecule has 0 fully saturated rings. The first-order valence-electron chi connectivity index (χ1n) is 7.41. The van der Waals surface area contributed by atoms with Crippen molar-refractivity contribution in [3.8, 4) is 0 Å². The van der Waals surface area contributed by atoms with Crippen LogP contribution >= 0.6 is 11.3 Å². The fourth-order valence-corrected chi connectivity index (χ4v) is 3.25. The first-order valence-corrected chi connectivity index (χ1v) is 8.29. The lowest BCUT2D eigenvalue weighted by Crippen LogP contribution is -2.33. The maximum absolute atomic E-state index is 12.1. The summed E-state index contributed by atoms with van der Waals surface area (Å²) in [5.74, 6) is -1.95. The number of imide groups is 1.